The maximum atomic E-state index is 3.99. The van der Waals surface area contributed by atoms with Crippen molar-refractivity contribution < 1.29 is 0 Å². The summed E-state index contributed by atoms with van der Waals surface area (Å²) < 4.78 is 2.72. The monoisotopic (exact) mass is 422 g/mol. The Kier molecular flexibility index (Phi) is 6.56. The summed E-state index contributed by atoms with van der Waals surface area (Å²) in [6.07, 6.45) is 0. The van der Waals surface area contributed by atoms with Gasteiger partial charge in [-0.05, 0) is 48.1 Å². The van der Waals surface area contributed by atoms with Crippen molar-refractivity contribution in [1.29, 1.82) is 0 Å². The average Bonchev–Trinajstić information content (AvgIpc) is 2.80. The first-order chi connectivity index (χ1) is 8.76. The van der Waals surface area contributed by atoms with Gasteiger partial charge in [0.1, 0.15) is 8.07 Å². The zero-order valence-corrected chi connectivity index (χ0v) is 17.6. The van der Waals surface area contributed by atoms with Crippen LogP contribution in [0.4, 0.5) is 0 Å². The van der Waals surface area contributed by atoms with E-state index < -0.39 is 8.07 Å². The molecule has 0 bridgehead atoms. The van der Waals surface area contributed by atoms with Crippen LogP contribution in [-0.4, -0.2) is 8.07 Å². The summed E-state index contributed by atoms with van der Waals surface area (Å²) in [6.45, 7) is 14.3. The van der Waals surface area contributed by atoms with E-state index >= 15 is 0 Å². The molecule has 0 aliphatic rings. The van der Waals surface area contributed by atoms with Gasteiger partial charge in [0.15, 0.2) is 0 Å². The van der Waals surface area contributed by atoms with Crippen LogP contribution in [0.25, 0.3) is 4.48 Å². The van der Waals surface area contributed by atoms with Crippen molar-refractivity contribution in [2.75, 3.05) is 0 Å². The van der Waals surface area contributed by atoms with Crippen molar-refractivity contribution in [3.05, 3.63) is 26.5 Å². The molecule has 0 aromatic carbocycles. The largest absolute Gasteiger partial charge is 0.143 e. The van der Waals surface area contributed by atoms with Gasteiger partial charge in [0.2, 0.25) is 0 Å². The number of halogens is 2. The molecule has 108 valence electrons. The van der Waals surface area contributed by atoms with Gasteiger partial charge < -0.3 is 0 Å². The zero-order valence-electron chi connectivity index (χ0n) is 12.6. The number of hydrogen-bond acceptors (Lipinski definition) is 1. The van der Waals surface area contributed by atoms with E-state index in [1.807, 2.05) is 0 Å². The smallest absolute Gasteiger partial charge is 0.105 e. The molecule has 19 heavy (non-hydrogen) atoms. The Morgan fingerprint density at radius 3 is 1.79 bits per heavy atom. The van der Waals surface area contributed by atoms with Crippen LogP contribution in [-0.2, 0) is 0 Å². The molecule has 0 spiro atoms. The van der Waals surface area contributed by atoms with Gasteiger partial charge in [-0.3, -0.25) is 0 Å². The molecule has 0 fully saturated rings. The molecule has 0 saturated heterocycles. The second kappa shape index (κ2) is 7.06. The van der Waals surface area contributed by atoms with Crippen molar-refractivity contribution in [2.24, 2.45) is 0 Å². The minimum absolute atomic E-state index is 0.717. The summed E-state index contributed by atoms with van der Waals surface area (Å²) in [6, 6.07) is 4.31. The summed E-state index contributed by atoms with van der Waals surface area (Å²) in [5, 5.41) is 2.14. The van der Waals surface area contributed by atoms with E-state index in [0.717, 1.165) is 16.6 Å². The van der Waals surface area contributed by atoms with Gasteiger partial charge in [-0.15, -0.1) is 11.3 Å². The molecule has 0 nitrogen and oxygen atoms in total. The minimum atomic E-state index is -1.59. The van der Waals surface area contributed by atoms with Crippen molar-refractivity contribution in [3.63, 3.8) is 0 Å². The molecule has 1 aromatic rings. The third-order valence-corrected chi connectivity index (χ3v) is 16.2. The van der Waals surface area contributed by atoms with E-state index in [4.69, 9.17) is 0 Å². The molecule has 0 amide bonds. The van der Waals surface area contributed by atoms with Gasteiger partial charge in [0, 0.05) is 9.36 Å². The Hall–Kier alpha value is 0.617. The molecule has 0 aliphatic heterocycles. The van der Waals surface area contributed by atoms with E-state index in [0.29, 0.717) is 0 Å². The minimum Gasteiger partial charge on any atom is -0.143 e. The first-order valence-electron chi connectivity index (χ1n) is 6.85. The lowest BCUT2D eigenvalue weighted by Crippen LogP contribution is -2.45. The Labute approximate surface area is 140 Å². The third kappa shape index (κ3) is 3.28. The second-order valence-corrected chi connectivity index (χ2v) is 15.1. The predicted octanol–water partition coefficient (Wildman–Crippen LogP) is 7.42. The molecule has 1 heterocycles. The normalized spacial score (nSPS) is 14.5. The molecule has 0 unspecified atom stereocenters. The first kappa shape index (κ1) is 17.7. The van der Waals surface area contributed by atoms with E-state index in [-0.39, 0.29) is 0 Å². The highest BCUT2D eigenvalue weighted by Gasteiger charge is 2.46. The number of rotatable bonds is 5. The SMILES string of the molecule is CC(C)[Si](/C(Br)=C(/Br)c1cccs1)(C(C)C)C(C)C. The Bertz CT molecular complexity index is 411. The average molecular weight is 424 g/mol. The lowest BCUT2D eigenvalue weighted by molar-refractivity contribution is 0.832. The fourth-order valence-corrected chi connectivity index (χ4v) is 16.2. The van der Waals surface area contributed by atoms with Crippen molar-refractivity contribution >= 4 is 55.8 Å². The van der Waals surface area contributed by atoms with Crippen LogP contribution < -0.4 is 0 Å². The van der Waals surface area contributed by atoms with Gasteiger partial charge in [0.05, 0.1) is 0 Å². The summed E-state index contributed by atoms with van der Waals surface area (Å²) in [7, 11) is -1.59. The molecular weight excluding hydrogens is 400 g/mol. The summed E-state index contributed by atoms with van der Waals surface area (Å²) >= 11 is 9.64. The molecule has 1 rings (SSSR count). The van der Waals surface area contributed by atoms with E-state index in [2.05, 4.69) is 90.9 Å². The van der Waals surface area contributed by atoms with Gasteiger partial charge in [-0.25, -0.2) is 0 Å². The van der Waals surface area contributed by atoms with Gasteiger partial charge in [-0.1, -0.05) is 63.5 Å². The van der Waals surface area contributed by atoms with Crippen LogP contribution in [0, 0.1) is 0 Å². The molecule has 0 N–H and O–H groups in total. The molecule has 1 aromatic heterocycles. The summed E-state index contributed by atoms with van der Waals surface area (Å²) in [5.74, 6) is 0. The highest BCUT2D eigenvalue weighted by molar-refractivity contribution is 9.17. The zero-order chi connectivity index (χ0) is 14.8. The predicted molar refractivity (Wildman–Crippen MR) is 100 cm³/mol. The quantitative estimate of drug-likeness (QED) is 0.432. The maximum absolute atomic E-state index is 3.99. The van der Waals surface area contributed by atoms with Gasteiger partial charge >= 0.3 is 0 Å². The summed E-state index contributed by atoms with van der Waals surface area (Å²) in [4.78, 5) is 1.32. The number of thiophene rings is 1. The molecule has 0 radical (unpaired) electrons. The van der Waals surface area contributed by atoms with Crippen LogP contribution in [0.15, 0.2) is 21.6 Å². The lowest BCUT2D eigenvalue weighted by Gasteiger charge is -2.43. The second-order valence-electron chi connectivity index (χ2n) is 6.00. The van der Waals surface area contributed by atoms with Crippen LogP contribution in [0.2, 0.25) is 16.6 Å². The Morgan fingerprint density at radius 1 is 1.00 bits per heavy atom. The first-order valence-corrected chi connectivity index (χ1v) is 11.6. The Balaban J connectivity index is 3.45. The molecule has 0 atom stereocenters. The molecule has 4 heteroatoms. The summed E-state index contributed by atoms with van der Waals surface area (Å²) in [5.41, 5.74) is 2.15. The van der Waals surface area contributed by atoms with E-state index in [1.165, 1.54) is 13.5 Å². The topological polar surface area (TPSA) is 0 Å². The Morgan fingerprint density at radius 2 is 1.47 bits per heavy atom. The molecule has 0 saturated carbocycles. The van der Waals surface area contributed by atoms with Crippen molar-refractivity contribution in [3.8, 4) is 0 Å². The van der Waals surface area contributed by atoms with Crippen LogP contribution in [0.3, 0.4) is 0 Å². The van der Waals surface area contributed by atoms with Gasteiger partial charge in [0.25, 0.3) is 0 Å². The highest BCUT2D eigenvalue weighted by Crippen LogP contribution is 2.51. The lowest BCUT2D eigenvalue weighted by atomic mass is 10.5. The van der Waals surface area contributed by atoms with Crippen LogP contribution in [0.1, 0.15) is 46.4 Å². The van der Waals surface area contributed by atoms with Crippen LogP contribution in [0.5, 0.6) is 0 Å². The molecule has 0 aliphatic carbocycles. The van der Waals surface area contributed by atoms with Crippen molar-refractivity contribution in [2.45, 2.75) is 58.2 Å². The standard InChI is InChI=1S/C15H24Br2SSi/c1-10(2)19(11(3)4,12(5)6)15(17)14(16)13-8-7-9-18-13/h7-12H,1-6H3/b15-14+. The van der Waals surface area contributed by atoms with Gasteiger partial charge in [-0.2, -0.15) is 0 Å². The highest BCUT2D eigenvalue weighted by atomic mass is 79.9. The van der Waals surface area contributed by atoms with E-state index in [9.17, 15) is 0 Å². The molecular formula is C15H24Br2SSi. The number of hydrogen-bond donors (Lipinski definition) is 0. The fraction of sp³-hybridized carbons (Fsp3) is 0.600. The van der Waals surface area contributed by atoms with Crippen molar-refractivity contribution in [1.82, 2.24) is 0 Å². The van der Waals surface area contributed by atoms with Crippen LogP contribution >= 0.6 is 43.2 Å². The third-order valence-electron chi connectivity index (χ3n) is 4.18. The maximum Gasteiger partial charge on any atom is 0.105 e. The van der Waals surface area contributed by atoms with E-state index in [1.54, 1.807) is 11.3 Å². The fourth-order valence-electron chi connectivity index (χ4n) is 3.46.